The van der Waals surface area contributed by atoms with Crippen molar-refractivity contribution in [1.29, 1.82) is 0 Å². The van der Waals surface area contributed by atoms with Crippen molar-refractivity contribution in [2.24, 2.45) is 5.92 Å². The Hall–Kier alpha value is -0.650. The van der Waals surface area contributed by atoms with Gasteiger partial charge in [-0.2, -0.15) is 0 Å². The van der Waals surface area contributed by atoms with Gasteiger partial charge in [0.2, 0.25) is 0 Å². The van der Waals surface area contributed by atoms with Crippen LogP contribution in [0, 0.1) is 5.92 Å². The van der Waals surface area contributed by atoms with Gasteiger partial charge in [-0.15, -0.1) is 0 Å². The molecule has 0 aromatic carbocycles. The van der Waals surface area contributed by atoms with Crippen LogP contribution in [0.15, 0.2) is 0 Å². The highest BCUT2D eigenvalue weighted by Crippen LogP contribution is 2.24. The molecular weight excluding hydrogens is 198 g/mol. The quantitative estimate of drug-likeness (QED) is 0.666. The highest BCUT2D eigenvalue weighted by atomic mass is 16.7. The predicted molar refractivity (Wildman–Crippen MR) is 52.2 cm³/mol. The van der Waals surface area contributed by atoms with Crippen LogP contribution in [-0.2, 0) is 19.0 Å². The van der Waals surface area contributed by atoms with Crippen molar-refractivity contribution in [3.63, 3.8) is 0 Å². The topological polar surface area (TPSA) is 56.8 Å². The van der Waals surface area contributed by atoms with E-state index in [1.807, 2.05) is 0 Å². The van der Waals surface area contributed by atoms with Crippen molar-refractivity contribution in [1.82, 2.24) is 5.32 Å². The lowest BCUT2D eigenvalue weighted by atomic mass is 10.1. The predicted octanol–water partition coefficient (Wildman–Crippen LogP) is -0.0995. The number of hydrogen-bond acceptors (Lipinski definition) is 5. The Morgan fingerprint density at radius 3 is 3.13 bits per heavy atom. The first-order valence-corrected chi connectivity index (χ1v) is 5.34. The van der Waals surface area contributed by atoms with Crippen LogP contribution in [0.2, 0.25) is 0 Å². The molecule has 0 amide bonds. The van der Waals surface area contributed by atoms with Crippen LogP contribution in [-0.4, -0.2) is 45.2 Å². The normalized spacial score (nSPS) is 35.7. The maximum Gasteiger partial charge on any atom is 0.308 e. The summed E-state index contributed by atoms with van der Waals surface area (Å²) in [5.41, 5.74) is 0. The highest BCUT2D eigenvalue weighted by Gasteiger charge is 2.35. The zero-order chi connectivity index (χ0) is 10.7. The first kappa shape index (κ1) is 10.9. The number of ether oxygens (including phenoxy) is 3. The summed E-state index contributed by atoms with van der Waals surface area (Å²) in [6, 6.07) is 0. The van der Waals surface area contributed by atoms with Gasteiger partial charge in [0.15, 0.2) is 6.29 Å². The summed E-state index contributed by atoms with van der Waals surface area (Å²) in [5, 5.41) is 3.26. The summed E-state index contributed by atoms with van der Waals surface area (Å²) in [6.45, 7) is 2.46. The number of carbonyl (C=O) groups is 1. The fourth-order valence-corrected chi connectivity index (χ4v) is 2.00. The minimum atomic E-state index is -0.242. The molecule has 0 saturated carbocycles. The van der Waals surface area contributed by atoms with E-state index in [4.69, 9.17) is 9.47 Å². The minimum absolute atomic E-state index is 0.136. The van der Waals surface area contributed by atoms with Crippen molar-refractivity contribution in [3.05, 3.63) is 0 Å². The lowest BCUT2D eigenvalue weighted by Gasteiger charge is -2.16. The molecule has 5 nitrogen and oxygen atoms in total. The van der Waals surface area contributed by atoms with E-state index in [9.17, 15) is 4.79 Å². The SMILES string of the molecule is COC(=O)CC1COC(C2CCNC2)O1. The molecule has 2 aliphatic rings. The third-order valence-electron chi connectivity index (χ3n) is 2.88. The molecule has 0 radical (unpaired) electrons. The number of esters is 1. The largest absolute Gasteiger partial charge is 0.469 e. The Balaban J connectivity index is 1.76. The monoisotopic (exact) mass is 215 g/mol. The smallest absolute Gasteiger partial charge is 0.308 e. The Morgan fingerprint density at radius 2 is 2.47 bits per heavy atom. The van der Waals surface area contributed by atoms with Crippen molar-refractivity contribution >= 4 is 5.97 Å². The Labute approximate surface area is 89.1 Å². The Bertz CT molecular complexity index is 227. The number of nitrogens with one attached hydrogen (secondary N) is 1. The maximum atomic E-state index is 11.0. The molecule has 5 heteroatoms. The van der Waals surface area contributed by atoms with E-state index in [0.29, 0.717) is 12.5 Å². The molecule has 15 heavy (non-hydrogen) atoms. The number of carbonyl (C=O) groups excluding carboxylic acids is 1. The van der Waals surface area contributed by atoms with Crippen molar-refractivity contribution in [2.45, 2.75) is 25.2 Å². The van der Waals surface area contributed by atoms with E-state index in [1.165, 1.54) is 7.11 Å². The molecule has 2 aliphatic heterocycles. The Morgan fingerprint density at radius 1 is 1.60 bits per heavy atom. The number of rotatable bonds is 3. The van der Waals surface area contributed by atoms with Gasteiger partial charge in [0.25, 0.3) is 0 Å². The summed E-state index contributed by atoms with van der Waals surface area (Å²) in [4.78, 5) is 11.0. The molecule has 0 spiro atoms. The third-order valence-corrected chi connectivity index (χ3v) is 2.88. The molecule has 0 aliphatic carbocycles. The van der Waals surface area contributed by atoms with Crippen molar-refractivity contribution in [3.8, 4) is 0 Å². The second-order valence-electron chi connectivity index (χ2n) is 3.99. The van der Waals surface area contributed by atoms with E-state index < -0.39 is 0 Å². The van der Waals surface area contributed by atoms with Crippen LogP contribution in [0.3, 0.4) is 0 Å². The van der Waals surface area contributed by atoms with Crippen molar-refractivity contribution < 1.29 is 19.0 Å². The minimum Gasteiger partial charge on any atom is -0.469 e. The average Bonchev–Trinajstić information content (AvgIpc) is 2.85. The molecule has 1 N–H and O–H groups in total. The molecule has 86 valence electrons. The van der Waals surface area contributed by atoms with Gasteiger partial charge in [-0.3, -0.25) is 4.79 Å². The number of hydrogen-bond donors (Lipinski definition) is 1. The van der Waals surface area contributed by atoms with Crippen LogP contribution < -0.4 is 5.32 Å². The zero-order valence-corrected chi connectivity index (χ0v) is 8.90. The highest BCUT2D eigenvalue weighted by molar-refractivity contribution is 5.69. The van der Waals surface area contributed by atoms with Crippen LogP contribution in [0.5, 0.6) is 0 Å². The molecule has 2 saturated heterocycles. The molecular formula is C10H17NO4. The molecule has 3 unspecified atom stereocenters. The first-order chi connectivity index (χ1) is 7.29. The fourth-order valence-electron chi connectivity index (χ4n) is 2.00. The van der Waals surface area contributed by atoms with Gasteiger partial charge >= 0.3 is 5.97 Å². The maximum absolute atomic E-state index is 11.0. The Kier molecular flexibility index (Phi) is 3.56. The molecule has 0 bridgehead atoms. The summed E-state index contributed by atoms with van der Waals surface area (Å²) in [6.07, 6.45) is 1.08. The summed E-state index contributed by atoms with van der Waals surface area (Å²) in [5.74, 6) is 0.182. The van der Waals surface area contributed by atoms with E-state index >= 15 is 0 Å². The number of methoxy groups -OCH3 is 1. The molecule has 0 aromatic heterocycles. The summed E-state index contributed by atoms with van der Waals surface area (Å²) >= 11 is 0. The summed E-state index contributed by atoms with van der Waals surface area (Å²) < 4.78 is 15.8. The van der Waals surface area contributed by atoms with E-state index in [2.05, 4.69) is 10.1 Å². The second-order valence-corrected chi connectivity index (χ2v) is 3.99. The van der Waals surface area contributed by atoms with Gasteiger partial charge < -0.3 is 19.5 Å². The second kappa shape index (κ2) is 4.92. The van der Waals surface area contributed by atoms with Gasteiger partial charge in [0.1, 0.15) is 0 Å². The first-order valence-electron chi connectivity index (χ1n) is 5.34. The molecule has 0 aromatic rings. The van der Waals surface area contributed by atoms with Crippen LogP contribution in [0.1, 0.15) is 12.8 Å². The lowest BCUT2D eigenvalue weighted by Crippen LogP contribution is -2.25. The van der Waals surface area contributed by atoms with Crippen LogP contribution >= 0.6 is 0 Å². The molecule has 2 rings (SSSR count). The van der Waals surface area contributed by atoms with Crippen molar-refractivity contribution in [2.75, 3.05) is 26.8 Å². The molecule has 2 heterocycles. The van der Waals surface area contributed by atoms with Gasteiger partial charge in [-0.05, 0) is 13.0 Å². The molecule has 2 fully saturated rings. The average molecular weight is 215 g/mol. The third kappa shape index (κ3) is 2.68. The fraction of sp³-hybridized carbons (Fsp3) is 0.900. The van der Waals surface area contributed by atoms with Gasteiger partial charge in [-0.1, -0.05) is 0 Å². The van der Waals surface area contributed by atoms with Crippen LogP contribution in [0.4, 0.5) is 0 Å². The van der Waals surface area contributed by atoms with Crippen LogP contribution in [0.25, 0.3) is 0 Å². The lowest BCUT2D eigenvalue weighted by molar-refractivity contribution is -0.144. The van der Waals surface area contributed by atoms with E-state index in [1.54, 1.807) is 0 Å². The van der Waals surface area contributed by atoms with Gasteiger partial charge in [-0.25, -0.2) is 0 Å². The summed E-state index contributed by atoms with van der Waals surface area (Å²) in [7, 11) is 1.39. The van der Waals surface area contributed by atoms with E-state index in [-0.39, 0.29) is 24.8 Å². The van der Waals surface area contributed by atoms with Gasteiger partial charge in [0.05, 0.1) is 26.2 Å². The van der Waals surface area contributed by atoms with E-state index in [0.717, 1.165) is 19.5 Å². The zero-order valence-electron chi connectivity index (χ0n) is 8.90. The molecule has 3 atom stereocenters. The standard InChI is InChI=1S/C10H17NO4/c1-13-9(12)4-8-6-14-10(15-8)7-2-3-11-5-7/h7-8,10-11H,2-6H2,1H3. The van der Waals surface area contributed by atoms with Gasteiger partial charge in [0, 0.05) is 12.5 Å².